The van der Waals surface area contributed by atoms with Gasteiger partial charge in [-0.25, -0.2) is 9.78 Å². The van der Waals surface area contributed by atoms with E-state index in [1.165, 1.54) is 23.3 Å². The van der Waals surface area contributed by atoms with Crippen LogP contribution in [0.1, 0.15) is 5.56 Å². The minimum atomic E-state index is -0.560. The lowest BCUT2D eigenvalue weighted by atomic mass is 10.1. The number of carbonyl (C=O) groups is 2. The summed E-state index contributed by atoms with van der Waals surface area (Å²) in [6, 6.07) is 16.7. The molecule has 1 aromatic heterocycles. The molecule has 3 aromatic rings. The minimum Gasteiger partial charge on any atom is -0.453 e. The first-order valence-electron chi connectivity index (χ1n) is 8.53. The van der Waals surface area contributed by atoms with Gasteiger partial charge in [0.25, 0.3) is 0 Å². The fourth-order valence-corrected chi connectivity index (χ4v) is 3.21. The summed E-state index contributed by atoms with van der Waals surface area (Å²) in [4.78, 5) is 30.0. The van der Waals surface area contributed by atoms with Crippen molar-refractivity contribution < 1.29 is 14.3 Å². The molecule has 28 heavy (non-hydrogen) atoms. The summed E-state index contributed by atoms with van der Waals surface area (Å²) in [5.74, 6) is -0.313. The van der Waals surface area contributed by atoms with Crippen LogP contribution in [0.15, 0.2) is 60.0 Å². The fraction of sp³-hybridized carbons (Fsp3) is 0.150. The SMILES string of the molecule is COC(=O)N(CC(=O)Nc1ccc(-c2csc(N)n2)cc1)Cc1ccccc1. The molecule has 3 N–H and O–H groups in total. The van der Waals surface area contributed by atoms with Crippen LogP contribution in [0, 0.1) is 0 Å². The van der Waals surface area contributed by atoms with Crippen molar-refractivity contribution in [3.63, 3.8) is 0 Å². The third-order valence-corrected chi connectivity index (χ3v) is 4.64. The second-order valence-electron chi connectivity index (χ2n) is 6.01. The maximum absolute atomic E-state index is 12.4. The lowest BCUT2D eigenvalue weighted by Gasteiger charge is -2.20. The van der Waals surface area contributed by atoms with Crippen molar-refractivity contribution in [3.8, 4) is 11.3 Å². The smallest absolute Gasteiger partial charge is 0.410 e. The Balaban J connectivity index is 1.63. The van der Waals surface area contributed by atoms with Crippen LogP contribution in [-0.2, 0) is 16.1 Å². The predicted molar refractivity (Wildman–Crippen MR) is 110 cm³/mol. The Morgan fingerprint density at radius 2 is 1.86 bits per heavy atom. The molecule has 1 heterocycles. The van der Waals surface area contributed by atoms with Gasteiger partial charge in [-0.2, -0.15) is 0 Å². The molecule has 3 rings (SSSR count). The normalized spacial score (nSPS) is 10.3. The van der Waals surface area contributed by atoms with Gasteiger partial charge >= 0.3 is 6.09 Å². The quantitative estimate of drug-likeness (QED) is 0.663. The Labute approximate surface area is 166 Å². The average molecular weight is 396 g/mol. The van der Waals surface area contributed by atoms with E-state index in [4.69, 9.17) is 10.5 Å². The summed E-state index contributed by atoms with van der Waals surface area (Å²) >= 11 is 1.37. The molecule has 2 aromatic carbocycles. The molecule has 0 fully saturated rings. The molecule has 2 amide bonds. The van der Waals surface area contributed by atoms with Crippen LogP contribution in [0.25, 0.3) is 11.3 Å². The molecule has 0 unspecified atom stereocenters. The number of hydrogen-bond acceptors (Lipinski definition) is 6. The van der Waals surface area contributed by atoms with E-state index in [2.05, 4.69) is 10.3 Å². The van der Waals surface area contributed by atoms with E-state index in [0.29, 0.717) is 10.8 Å². The van der Waals surface area contributed by atoms with E-state index < -0.39 is 6.09 Å². The number of carbonyl (C=O) groups excluding carboxylic acids is 2. The highest BCUT2D eigenvalue weighted by Crippen LogP contribution is 2.24. The number of ether oxygens (including phenoxy) is 1. The maximum atomic E-state index is 12.4. The highest BCUT2D eigenvalue weighted by atomic mass is 32.1. The molecule has 0 aliphatic heterocycles. The molecule has 0 spiro atoms. The number of benzene rings is 2. The summed E-state index contributed by atoms with van der Waals surface area (Å²) in [6.45, 7) is 0.164. The molecule has 0 aliphatic rings. The Morgan fingerprint density at radius 1 is 1.14 bits per heavy atom. The zero-order chi connectivity index (χ0) is 19.9. The number of methoxy groups -OCH3 is 1. The van der Waals surface area contributed by atoms with Crippen molar-refractivity contribution >= 4 is 34.2 Å². The summed E-state index contributed by atoms with van der Waals surface area (Å²) in [5, 5.41) is 5.17. The van der Waals surface area contributed by atoms with Gasteiger partial charge in [0.15, 0.2) is 5.13 Å². The highest BCUT2D eigenvalue weighted by Gasteiger charge is 2.18. The zero-order valence-electron chi connectivity index (χ0n) is 15.3. The molecule has 0 aliphatic carbocycles. The number of nitrogens with one attached hydrogen (secondary N) is 1. The molecular weight excluding hydrogens is 376 g/mol. The molecular formula is C20H20N4O3S. The van der Waals surface area contributed by atoms with Crippen molar-refractivity contribution in [1.82, 2.24) is 9.88 Å². The number of nitrogen functional groups attached to an aromatic ring is 1. The largest absolute Gasteiger partial charge is 0.453 e. The molecule has 8 heteroatoms. The van der Waals surface area contributed by atoms with Crippen molar-refractivity contribution in [2.45, 2.75) is 6.54 Å². The number of rotatable bonds is 6. The van der Waals surface area contributed by atoms with E-state index in [0.717, 1.165) is 16.8 Å². The zero-order valence-corrected chi connectivity index (χ0v) is 16.1. The molecule has 0 saturated heterocycles. The first-order chi connectivity index (χ1) is 13.5. The van der Waals surface area contributed by atoms with E-state index in [1.54, 1.807) is 12.1 Å². The lowest BCUT2D eigenvalue weighted by Crippen LogP contribution is -2.37. The Hall–Kier alpha value is -3.39. The fourth-order valence-electron chi connectivity index (χ4n) is 2.64. The summed E-state index contributed by atoms with van der Waals surface area (Å²) < 4.78 is 4.79. The van der Waals surface area contributed by atoms with E-state index in [9.17, 15) is 9.59 Å². The van der Waals surface area contributed by atoms with Crippen LogP contribution < -0.4 is 11.1 Å². The third-order valence-electron chi connectivity index (χ3n) is 3.97. The van der Waals surface area contributed by atoms with Gasteiger partial charge in [-0.1, -0.05) is 42.5 Å². The summed E-state index contributed by atoms with van der Waals surface area (Å²) in [6.07, 6.45) is -0.560. The van der Waals surface area contributed by atoms with Gasteiger partial charge in [0.05, 0.1) is 12.8 Å². The topological polar surface area (TPSA) is 97.5 Å². The van der Waals surface area contributed by atoms with Crippen LogP contribution in [0.5, 0.6) is 0 Å². The monoisotopic (exact) mass is 396 g/mol. The van der Waals surface area contributed by atoms with Gasteiger partial charge in [0, 0.05) is 23.2 Å². The molecule has 0 radical (unpaired) electrons. The lowest BCUT2D eigenvalue weighted by molar-refractivity contribution is -0.117. The van der Waals surface area contributed by atoms with Crippen molar-refractivity contribution in [1.29, 1.82) is 0 Å². The van der Waals surface area contributed by atoms with E-state index >= 15 is 0 Å². The molecule has 0 bridgehead atoms. The molecule has 0 saturated carbocycles. The summed E-state index contributed by atoms with van der Waals surface area (Å²) in [5.41, 5.74) is 8.89. The van der Waals surface area contributed by atoms with Gasteiger partial charge in [0.2, 0.25) is 5.91 Å². The number of thiazole rings is 1. The van der Waals surface area contributed by atoms with Crippen LogP contribution in [0.4, 0.5) is 15.6 Å². The molecule has 7 nitrogen and oxygen atoms in total. The highest BCUT2D eigenvalue weighted by molar-refractivity contribution is 7.13. The number of nitrogens with two attached hydrogens (primary N) is 1. The van der Waals surface area contributed by atoms with Gasteiger partial charge < -0.3 is 15.8 Å². The summed E-state index contributed by atoms with van der Waals surface area (Å²) in [7, 11) is 1.29. The molecule has 144 valence electrons. The average Bonchev–Trinajstić information content (AvgIpc) is 3.14. The van der Waals surface area contributed by atoms with Gasteiger partial charge in [-0.05, 0) is 17.7 Å². The third kappa shape index (κ3) is 5.08. The van der Waals surface area contributed by atoms with Crippen molar-refractivity contribution in [2.24, 2.45) is 0 Å². The second kappa shape index (κ2) is 9.01. The number of anilines is 2. The minimum absolute atomic E-state index is 0.119. The number of aromatic nitrogens is 1. The number of amides is 2. The van der Waals surface area contributed by atoms with E-state index in [1.807, 2.05) is 47.8 Å². The van der Waals surface area contributed by atoms with Gasteiger partial charge in [-0.3, -0.25) is 9.69 Å². The van der Waals surface area contributed by atoms with Crippen molar-refractivity contribution in [2.75, 3.05) is 24.7 Å². The van der Waals surface area contributed by atoms with Gasteiger partial charge in [0.1, 0.15) is 6.54 Å². The Kier molecular flexibility index (Phi) is 6.23. The van der Waals surface area contributed by atoms with E-state index in [-0.39, 0.29) is 19.0 Å². The Morgan fingerprint density at radius 3 is 2.46 bits per heavy atom. The first kappa shape index (κ1) is 19.4. The number of nitrogens with zero attached hydrogens (tertiary/aromatic N) is 2. The second-order valence-corrected chi connectivity index (χ2v) is 6.90. The Bertz CT molecular complexity index is 942. The van der Waals surface area contributed by atoms with Crippen LogP contribution >= 0.6 is 11.3 Å². The maximum Gasteiger partial charge on any atom is 0.410 e. The molecule has 0 atom stereocenters. The van der Waals surface area contributed by atoms with Crippen molar-refractivity contribution in [3.05, 3.63) is 65.5 Å². The van der Waals surface area contributed by atoms with Crippen LogP contribution in [0.2, 0.25) is 0 Å². The van der Waals surface area contributed by atoms with Crippen LogP contribution in [0.3, 0.4) is 0 Å². The standard InChI is InChI=1S/C20H20N4O3S/c1-27-20(26)24(11-14-5-3-2-4-6-14)12-18(25)22-16-9-7-15(8-10-16)17-13-28-19(21)23-17/h2-10,13H,11-12H2,1H3,(H2,21,23)(H,22,25). The number of hydrogen-bond donors (Lipinski definition) is 2. The van der Waals surface area contributed by atoms with Gasteiger partial charge in [-0.15, -0.1) is 11.3 Å². The van der Waals surface area contributed by atoms with Crippen LogP contribution in [-0.4, -0.2) is 35.5 Å². The first-order valence-corrected chi connectivity index (χ1v) is 9.41. The predicted octanol–water partition coefficient (Wildman–Crippen LogP) is 3.60.